The summed E-state index contributed by atoms with van der Waals surface area (Å²) < 4.78 is 54.4. The van der Waals surface area contributed by atoms with E-state index in [1.54, 1.807) is 6.92 Å². The number of hydrogen-bond donors (Lipinski definition) is 1. The Balaban J connectivity index is 3.36. The number of nitrogens with one attached hydrogen (secondary N) is 1. The second-order valence-corrected chi connectivity index (χ2v) is 3.99. The lowest BCUT2D eigenvalue weighted by molar-refractivity contribution is -0.157. The van der Waals surface area contributed by atoms with Crippen LogP contribution in [-0.4, -0.2) is 34.1 Å². The van der Waals surface area contributed by atoms with Gasteiger partial charge in [-0.15, -0.1) is 0 Å². The van der Waals surface area contributed by atoms with Crippen LogP contribution >= 0.6 is 0 Å². The lowest BCUT2D eigenvalue weighted by Crippen LogP contribution is -2.34. The predicted octanol–water partition coefficient (Wildman–Crippen LogP) is 2.93. The van der Waals surface area contributed by atoms with Crippen LogP contribution in [0.25, 0.3) is 0 Å². The van der Waals surface area contributed by atoms with E-state index in [4.69, 9.17) is 14.2 Å². The fourth-order valence-corrected chi connectivity index (χ4v) is 1.89. The second-order valence-electron chi connectivity index (χ2n) is 3.99. The SMILES string of the molecule is CCNC(c1cc(OC)c(OC)c(OC)c1)C(F)(F)F. The first-order valence-corrected chi connectivity index (χ1v) is 5.99. The molecular formula is C13H18F3NO3. The summed E-state index contributed by atoms with van der Waals surface area (Å²) in [5, 5.41) is 2.40. The van der Waals surface area contributed by atoms with Crippen LogP contribution in [0.3, 0.4) is 0 Å². The van der Waals surface area contributed by atoms with E-state index >= 15 is 0 Å². The molecule has 0 aliphatic carbocycles. The van der Waals surface area contributed by atoms with Crippen molar-refractivity contribution in [1.82, 2.24) is 5.32 Å². The maximum absolute atomic E-state index is 13.1. The Morgan fingerprint density at radius 1 is 1.05 bits per heavy atom. The Bertz CT molecular complexity index is 424. The van der Waals surface area contributed by atoms with Gasteiger partial charge in [-0.05, 0) is 24.2 Å². The Labute approximate surface area is 115 Å². The quantitative estimate of drug-likeness (QED) is 0.875. The van der Waals surface area contributed by atoms with E-state index in [-0.39, 0.29) is 29.4 Å². The summed E-state index contributed by atoms with van der Waals surface area (Å²) >= 11 is 0. The average molecular weight is 293 g/mol. The summed E-state index contributed by atoms with van der Waals surface area (Å²) in [7, 11) is 4.11. The molecule has 20 heavy (non-hydrogen) atoms. The highest BCUT2D eigenvalue weighted by atomic mass is 19.4. The van der Waals surface area contributed by atoms with E-state index < -0.39 is 12.2 Å². The molecule has 1 atom stereocenters. The molecule has 1 aromatic rings. The van der Waals surface area contributed by atoms with Crippen LogP contribution in [0.5, 0.6) is 17.2 Å². The van der Waals surface area contributed by atoms with Gasteiger partial charge in [-0.2, -0.15) is 13.2 Å². The third kappa shape index (κ3) is 3.47. The zero-order valence-corrected chi connectivity index (χ0v) is 11.8. The summed E-state index contributed by atoms with van der Waals surface area (Å²) in [5.74, 6) is 0.638. The van der Waals surface area contributed by atoms with Crippen molar-refractivity contribution in [3.63, 3.8) is 0 Å². The summed E-state index contributed by atoms with van der Waals surface area (Å²) in [6.07, 6.45) is -4.42. The van der Waals surface area contributed by atoms with Crippen molar-refractivity contribution >= 4 is 0 Å². The first-order valence-electron chi connectivity index (χ1n) is 5.99. The Kier molecular flexibility index (Phi) is 5.50. The van der Waals surface area contributed by atoms with Crippen LogP contribution in [-0.2, 0) is 0 Å². The Morgan fingerprint density at radius 2 is 1.55 bits per heavy atom. The first kappa shape index (κ1) is 16.4. The molecule has 1 unspecified atom stereocenters. The average Bonchev–Trinajstić information content (AvgIpc) is 2.41. The molecule has 4 nitrogen and oxygen atoms in total. The molecule has 0 amide bonds. The monoisotopic (exact) mass is 293 g/mol. The molecule has 0 saturated heterocycles. The smallest absolute Gasteiger partial charge is 0.407 e. The Morgan fingerprint density at radius 3 is 1.85 bits per heavy atom. The van der Waals surface area contributed by atoms with Crippen molar-refractivity contribution in [2.45, 2.75) is 19.1 Å². The molecule has 0 radical (unpaired) electrons. The number of rotatable bonds is 6. The normalized spacial score (nSPS) is 12.9. The van der Waals surface area contributed by atoms with Crippen molar-refractivity contribution in [1.29, 1.82) is 0 Å². The fraction of sp³-hybridized carbons (Fsp3) is 0.538. The number of methoxy groups -OCH3 is 3. The van der Waals surface area contributed by atoms with Gasteiger partial charge in [-0.3, -0.25) is 0 Å². The maximum atomic E-state index is 13.1. The largest absolute Gasteiger partial charge is 0.493 e. The minimum Gasteiger partial charge on any atom is -0.493 e. The highest BCUT2D eigenvalue weighted by molar-refractivity contribution is 5.54. The van der Waals surface area contributed by atoms with Gasteiger partial charge in [0.05, 0.1) is 21.3 Å². The van der Waals surface area contributed by atoms with Crippen molar-refractivity contribution < 1.29 is 27.4 Å². The van der Waals surface area contributed by atoms with Crippen molar-refractivity contribution in [3.05, 3.63) is 17.7 Å². The fourth-order valence-electron chi connectivity index (χ4n) is 1.89. The minimum absolute atomic E-state index is 0.00819. The summed E-state index contributed by atoms with van der Waals surface area (Å²) in [6, 6.07) is 0.797. The van der Waals surface area contributed by atoms with Gasteiger partial charge in [0.15, 0.2) is 11.5 Å². The summed E-state index contributed by atoms with van der Waals surface area (Å²) in [4.78, 5) is 0. The summed E-state index contributed by atoms with van der Waals surface area (Å²) in [5.41, 5.74) is 0.00819. The van der Waals surface area contributed by atoms with Crippen molar-refractivity contribution in [2.75, 3.05) is 27.9 Å². The van der Waals surface area contributed by atoms with E-state index in [1.165, 1.54) is 33.5 Å². The minimum atomic E-state index is -4.42. The predicted molar refractivity (Wildman–Crippen MR) is 68.6 cm³/mol. The topological polar surface area (TPSA) is 39.7 Å². The van der Waals surface area contributed by atoms with Gasteiger partial charge in [0.1, 0.15) is 6.04 Å². The molecule has 0 bridgehead atoms. The lowest BCUT2D eigenvalue weighted by Gasteiger charge is -2.23. The van der Waals surface area contributed by atoms with Gasteiger partial charge >= 0.3 is 6.18 Å². The van der Waals surface area contributed by atoms with Gasteiger partial charge in [-0.25, -0.2) is 0 Å². The zero-order valence-electron chi connectivity index (χ0n) is 11.8. The number of halogens is 3. The summed E-state index contributed by atoms with van der Waals surface area (Å²) in [6.45, 7) is 1.79. The molecule has 1 rings (SSSR count). The standard InChI is InChI=1S/C13H18F3NO3/c1-5-17-12(13(14,15)16)8-6-9(18-2)11(20-4)10(7-8)19-3/h6-7,12,17H,5H2,1-4H3. The van der Waals surface area contributed by atoms with Gasteiger partial charge in [0.2, 0.25) is 5.75 Å². The van der Waals surface area contributed by atoms with Crippen LogP contribution in [0.4, 0.5) is 13.2 Å². The molecule has 1 aromatic carbocycles. The second kappa shape index (κ2) is 6.69. The molecule has 114 valence electrons. The highest BCUT2D eigenvalue weighted by Gasteiger charge is 2.41. The van der Waals surface area contributed by atoms with Gasteiger partial charge < -0.3 is 19.5 Å². The van der Waals surface area contributed by atoms with Crippen molar-refractivity contribution in [2.24, 2.45) is 0 Å². The number of benzene rings is 1. The lowest BCUT2D eigenvalue weighted by atomic mass is 10.0. The molecule has 1 N–H and O–H groups in total. The van der Waals surface area contributed by atoms with Crippen LogP contribution in [0, 0.1) is 0 Å². The van der Waals surface area contributed by atoms with Crippen LogP contribution in [0.1, 0.15) is 18.5 Å². The van der Waals surface area contributed by atoms with E-state index in [1.807, 2.05) is 0 Å². The zero-order chi connectivity index (χ0) is 15.3. The number of hydrogen-bond acceptors (Lipinski definition) is 4. The van der Waals surface area contributed by atoms with E-state index in [0.717, 1.165) is 0 Å². The van der Waals surface area contributed by atoms with E-state index in [2.05, 4.69) is 5.32 Å². The first-order chi connectivity index (χ1) is 9.38. The van der Waals surface area contributed by atoms with Gasteiger partial charge in [0.25, 0.3) is 0 Å². The molecule has 0 aliphatic rings. The molecular weight excluding hydrogens is 275 g/mol. The van der Waals surface area contributed by atoms with E-state index in [9.17, 15) is 13.2 Å². The highest BCUT2D eigenvalue weighted by Crippen LogP contribution is 2.42. The third-order valence-corrected chi connectivity index (χ3v) is 2.76. The van der Waals surface area contributed by atoms with Crippen LogP contribution < -0.4 is 19.5 Å². The molecule has 7 heteroatoms. The van der Waals surface area contributed by atoms with Crippen molar-refractivity contribution in [3.8, 4) is 17.2 Å². The van der Waals surface area contributed by atoms with Gasteiger partial charge in [-0.1, -0.05) is 6.92 Å². The molecule has 0 heterocycles. The molecule has 0 fully saturated rings. The number of ether oxygens (including phenoxy) is 3. The van der Waals surface area contributed by atoms with Gasteiger partial charge in [0, 0.05) is 0 Å². The number of alkyl halides is 3. The molecule has 0 aliphatic heterocycles. The third-order valence-electron chi connectivity index (χ3n) is 2.76. The van der Waals surface area contributed by atoms with E-state index in [0.29, 0.717) is 0 Å². The molecule has 0 saturated carbocycles. The van der Waals surface area contributed by atoms with Crippen LogP contribution in [0.2, 0.25) is 0 Å². The maximum Gasteiger partial charge on any atom is 0.407 e. The Hall–Kier alpha value is -1.63. The van der Waals surface area contributed by atoms with Crippen LogP contribution in [0.15, 0.2) is 12.1 Å². The molecule has 0 aromatic heterocycles. The molecule has 0 spiro atoms.